The highest BCUT2D eigenvalue weighted by Crippen LogP contribution is 2.25. The Hall–Kier alpha value is -0.420. The molecular formula is C12H22F3N3O3S. The Bertz CT molecular complexity index is 446. The van der Waals surface area contributed by atoms with Crippen molar-refractivity contribution in [2.45, 2.75) is 30.3 Å². The van der Waals surface area contributed by atoms with Gasteiger partial charge in [-0.3, -0.25) is 4.90 Å². The summed E-state index contributed by atoms with van der Waals surface area (Å²) in [5.74, 6) is 0. The average Bonchev–Trinajstić information content (AvgIpc) is 2.48. The second-order valence-electron chi connectivity index (χ2n) is 5.58. The molecule has 0 saturated carbocycles. The molecule has 130 valence electrons. The molecule has 2 fully saturated rings. The van der Waals surface area contributed by atoms with E-state index in [1.165, 1.54) is 4.90 Å². The predicted molar refractivity (Wildman–Crippen MR) is 75.0 cm³/mol. The molecule has 0 aromatic carbocycles. The number of halogens is 3. The van der Waals surface area contributed by atoms with Gasteiger partial charge in [0.2, 0.25) is 10.0 Å². The fourth-order valence-corrected chi connectivity index (χ4v) is 4.09. The van der Waals surface area contributed by atoms with Crippen molar-refractivity contribution < 1.29 is 26.3 Å². The SMILES string of the molecule is O=S(=O)(NCC(N1CCNCC1)C(F)(F)F)C1CCCOC1. The summed E-state index contributed by atoms with van der Waals surface area (Å²) >= 11 is 0. The maximum absolute atomic E-state index is 13.2. The topological polar surface area (TPSA) is 70.7 Å². The fraction of sp³-hybridized carbons (Fsp3) is 1.00. The van der Waals surface area contributed by atoms with E-state index in [-0.39, 0.29) is 19.7 Å². The maximum atomic E-state index is 13.2. The van der Waals surface area contributed by atoms with Gasteiger partial charge in [0.1, 0.15) is 6.04 Å². The summed E-state index contributed by atoms with van der Waals surface area (Å²) in [5, 5.41) is 2.22. The first kappa shape index (κ1) is 17.9. The smallest absolute Gasteiger partial charge is 0.380 e. The van der Waals surface area contributed by atoms with Crippen LogP contribution in [0.25, 0.3) is 0 Å². The van der Waals surface area contributed by atoms with E-state index in [0.717, 1.165) is 0 Å². The number of alkyl halides is 3. The molecule has 2 heterocycles. The summed E-state index contributed by atoms with van der Waals surface area (Å²) in [5.41, 5.74) is 0. The van der Waals surface area contributed by atoms with E-state index < -0.39 is 34.0 Å². The first-order chi connectivity index (χ1) is 10.3. The molecule has 2 aliphatic rings. The molecule has 0 bridgehead atoms. The molecule has 2 unspecified atom stereocenters. The van der Waals surface area contributed by atoms with Crippen LogP contribution >= 0.6 is 0 Å². The highest BCUT2D eigenvalue weighted by Gasteiger charge is 2.44. The van der Waals surface area contributed by atoms with E-state index in [0.29, 0.717) is 32.5 Å². The Morgan fingerprint density at radius 2 is 2.00 bits per heavy atom. The highest BCUT2D eigenvalue weighted by molar-refractivity contribution is 7.90. The van der Waals surface area contributed by atoms with Gasteiger partial charge in [0.05, 0.1) is 11.9 Å². The van der Waals surface area contributed by atoms with Crippen LogP contribution in [0.4, 0.5) is 13.2 Å². The molecule has 0 aromatic rings. The van der Waals surface area contributed by atoms with Crippen LogP contribution in [0.3, 0.4) is 0 Å². The molecule has 2 N–H and O–H groups in total. The lowest BCUT2D eigenvalue weighted by Gasteiger charge is -2.36. The summed E-state index contributed by atoms with van der Waals surface area (Å²) in [7, 11) is -3.79. The Morgan fingerprint density at radius 3 is 2.55 bits per heavy atom. The van der Waals surface area contributed by atoms with Crippen molar-refractivity contribution in [1.29, 1.82) is 0 Å². The van der Waals surface area contributed by atoms with Crippen LogP contribution in [0, 0.1) is 0 Å². The first-order valence-corrected chi connectivity index (χ1v) is 8.93. The molecule has 2 aliphatic heterocycles. The molecule has 0 amide bonds. The molecule has 10 heteroatoms. The van der Waals surface area contributed by atoms with Gasteiger partial charge >= 0.3 is 6.18 Å². The third kappa shape index (κ3) is 4.79. The average molecular weight is 345 g/mol. The molecule has 0 aromatic heterocycles. The largest absolute Gasteiger partial charge is 0.405 e. The minimum absolute atomic E-state index is 0.0413. The van der Waals surface area contributed by atoms with Crippen molar-refractivity contribution in [3.05, 3.63) is 0 Å². The van der Waals surface area contributed by atoms with Crippen molar-refractivity contribution in [3.63, 3.8) is 0 Å². The van der Waals surface area contributed by atoms with Crippen molar-refractivity contribution in [3.8, 4) is 0 Å². The molecule has 2 atom stereocenters. The number of hydrogen-bond acceptors (Lipinski definition) is 5. The van der Waals surface area contributed by atoms with Gasteiger partial charge in [0.25, 0.3) is 0 Å². The maximum Gasteiger partial charge on any atom is 0.405 e. The summed E-state index contributed by atoms with van der Waals surface area (Å²) in [6, 6.07) is -1.80. The Morgan fingerprint density at radius 1 is 1.32 bits per heavy atom. The van der Waals surface area contributed by atoms with Crippen molar-refractivity contribution >= 4 is 10.0 Å². The first-order valence-electron chi connectivity index (χ1n) is 7.38. The number of sulfonamides is 1. The van der Waals surface area contributed by atoms with E-state index in [9.17, 15) is 21.6 Å². The molecule has 0 aliphatic carbocycles. The number of nitrogens with one attached hydrogen (secondary N) is 2. The summed E-state index contributed by atoms with van der Waals surface area (Å²) in [4.78, 5) is 1.27. The molecule has 22 heavy (non-hydrogen) atoms. The summed E-state index contributed by atoms with van der Waals surface area (Å²) < 4.78 is 71.1. The van der Waals surface area contributed by atoms with Gasteiger partial charge in [-0.1, -0.05) is 0 Å². The zero-order valence-corrected chi connectivity index (χ0v) is 13.0. The normalized spacial score (nSPS) is 26.8. The number of hydrogen-bond donors (Lipinski definition) is 2. The second kappa shape index (κ2) is 7.43. The van der Waals surface area contributed by atoms with Gasteiger partial charge in [-0.05, 0) is 12.8 Å². The van der Waals surface area contributed by atoms with E-state index in [1.54, 1.807) is 0 Å². The number of ether oxygens (including phenoxy) is 1. The van der Waals surface area contributed by atoms with Gasteiger partial charge < -0.3 is 10.1 Å². The van der Waals surface area contributed by atoms with Crippen molar-refractivity contribution in [2.75, 3.05) is 45.9 Å². The monoisotopic (exact) mass is 345 g/mol. The van der Waals surface area contributed by atoms with Crippen LogP contribution in [0.15, 0.2) is 0 Å². The second-order valence-corrected chi connectivity index (χ2v) is 7.62. The van der Waals surface area contributed by atoms with Gasteiger partial charge in [-0.25, -0.2) is 13.1 Å². The zero-order valence-electron chi connectivity index (χ0n) is 12.2. The van der Waals surface area contributed by atoms with E-state index >= 15 is 0 Å². The zero-order chi connectivity index (χ0) is 16.2. The van der Waals surface area contributed by atoms with Gasteiger partial charge in [-0.2, -0.15) is 13.2 Å². The van der Waals surface area contributed by atoms with Crippen LogP contribution in [-0.4, -0.2) is 76.7 Å². The van der Waals surface area contributed by atoms with Crippen LogP contribution in [0.2, 0.25) is 0 Å². The summed E-state index contributed by atoms with van der Waals surface area (Å²) in [6.45, 7) is 1.32. The van der Waals surface area contributed by atoms with Crippen LogP contribution < -0.4 is 10.0 Å². The minimum atomic E-state index is -4.47. The van der Waals surface area contributed by atoms with Crippen molar-refractivity contribution in [1.82, 2.24) is 14.9 Å². The van der Waals surface area contributed by atoms with Crippen LogP contribution in [-0.2, 0) is 14.8 Å². The van der Waals surface area contributed by atoms with Gasteiger partial charge in [0.15, 0.2) is 0 Å². The lowest BCUT2D eigenvalue weighted by molar-refractivity contribution is -0.182. The Labute approximate surface area is 128 Å². The van der Waals surface area contributed by atoms with Crippen LogP contribution in [0.1, 0.15) is 12.8 Å². The molecule has 2 rings (SSSR count). The minimum Gasteiger partial charge on any atom is -0.380 e. The lowest BCUT2D eigenvalue weighted by Crippen LogP contribution is -2.58. The quantitative estimate of drug-likeness (QED) is 0.729. The number of piperazine rings is 1. The van der Waals surface area contributed by atoms with E-state index in [2.05, 4.69) is 10.0 Å². The molecule has 6 nitrogen and oxygen atoms in total. The Balaban J connectivity index is 1.98. The number of rotatable bonds is 5. The third-order valence-corrected chi connectivity index (χ3v) is 5.82. The molecule has 2 saturated heterocycles. The molecule has 0 spiro atoms. The van der Waals surface area contributed by atoms with E-state index in [4.69, 9.17) is 4.74 Å². The van der Waals surface area contributed by atoms with Gasteiger partial charge in [0, 0.05) is 39.3 Å². The van der Waals surface area contributed by atoms with Crippen molar-refractivity contribution in [2.24, 2.45) is 0 Å². The Kier molecular flexibility index (Phi) is 6.06. The van der Waals surface area contributed by atoms with Gasteiger partial charge in [-0.15, -0.1) is 0 Å². The predicted octanol–water partition coefficient (Wildman–Crippen LogP) is -0.0791. The molecular weight excluding hydrogens is 323 g/mol. The standard InChI is InChI=1S/C12H22F3N3O3S/c13-12(14,15)11(18-5-3-16-4-6-18)8-17-22(19,20)10-2-1-7-21-9-10/h10-11,16-17H,1-9H2. The lowest BCUT2D eigenvalue weighted by atomic mass is 10.2. The van der Waals surface area contributed by atoms with E-state index in [1.807, 2.05) is 0 Å². The number of nitrogens with zero attached hydrogens (tertiary/aromatic N) is 1. The fourth-order valence-electron chi connectivity index (χ4n) is 2.71. The third-order valence-electron chi connectivity index (χ3n) is 4.01. The summed E-state index contributed by atoms with van der Waals surface area (Å²) in [6.07, 6.45) is -3.45. The van der Waals surface area contributed by atoms with Crippen LogP contribution in [0.5, 0.6) is 0 Å². The molecule has 0 radical (unpaired) electrons. The highest BCUT2D eigenvalue weighted by atomic mass is 32.2.